The van der Waals surface area contributed by atoms with Crippen LogP contribution >= 0.6 is 0 Å². The van der Waals surface area contributed by atoms with Gasteiger partial charge in [-0.15, -0.1) is 0 Å². The molecule has 0 bridgehead atoms. The molecule has 1 aromatic heterocycles. The summed E-state index contributed by atoms with van der Waals surface area (Å²) in [4.78, 5) is 17.9. The van der Waals surface area contributed by atoms with E-state index in [1.165, 1.54) is 25.7 Å². The van der Waals surface area contributed by atoms with Crippen LogP contribution in [0.25, 0.3) is 0 Å². The van der Waals surface area contributed by atoms with Gasteiger partial charge in [-0.2, -0.15) is 0 Å². The Morgan fingerprint density at radius 1 is 1.44 bits per heavy atom. The molecule has 1 N–H and O–H groups in total. The standard InChI is InChI=1S/C14H21N3O/c1-11-7-8-13(9-15-11)17(2)14(18)10-16-12-5-3-4-6-12/h7-9,12,16H,3-6,10H2,1-2H3. The Hall–Kier alpha value is -1.42. The quantitative estimate of drug-likeness (QED) is 0.883. The molecule has 1 aliphatic rings. The lowest BCUT2D eigenvalue weighted by molar-refractivity contribution is -0.117. The van der Waals surface area contributed by atoms with Crippen LogP contribution in [0, 0.1) is 6.92 Å². The number of nitrogens with zero attached hydrogens (tertiary/aromatic N) is 2. The fourth-order valence-electron chi connectivity index (χ4n) is 2.28. The molecule has 0 atom stereocenters. The Balaban J connectivity index is 1.85. The van der Waals surface area contributed by atoms with Crippen LogP contribution < -0.4 is 10.2 Å². The monoisotopic (exact) mass is 247 g/mol. The van der Waals surface area contributed by atoms with Gasteiger partial charge in [0.2, 0.25) is 5.91 Å². The lowest BCUT2D eigenvalue weighted by Gasteiger charge is -2.19. The van der Waals surface area contributed by atoms with Gasteiger partial charge in [-0.25, -0.2) is 0 Å². The number of hydrogen-bond acceptors (Lipinski definition) is 3. The SMILES string of the molecule is Cc1ccc(N(C)C(=O)CNC2CCCC2)cn1. The summed E-state index contributed by atoms with van der Waals surface area (Å²) in [6.45, 7) is 2.35. The first-order valence-electron chi connectivity index (χ1n) is 6.59. The Morgan fingerprint density at radius 2 is 2.17 bits per heavy atom. The van der Waals surface area contributed by atoms with Gasteiger partial charge in [0.05, 0.1) is 18.4 Å². The maximum Gasteiger partial charge on any atom is 0.240 e. The third kappa shape index (κ3) is 3.29. The van der Waals surface area contributed by atoms with Crippen LogP contribution in [-0.2, 0) is 4.79 Å². The number of pyridine rings is 1. The van der Waals surface area contributed by atoms with Gasteiger partial charge in [-0.05, 0) is 31.9 Å². The van der Waals surface area contributed by atoms with Crippen molar-refractivity contribution < 1.29 is 4.79 Å². The van der Waals surface area contributed by atoms with Gasteiger partial charge in [0.15, 0.2) is 0 Å². The smallest absolute Gasteiger partial charge is 0.240 e. The number of likely N-dealkylation sites (N-methyl/N-ethyl adjacent to an activating group) is 1. The molecule has 4 nitrogen and oxygen atoms in total. The molecule has 1 aromatic rings. The van der Waals surface area contributed by atoms with Crippen LogP contribution in [0.1, 0.15) is 31.4 Å². The summed E-state index contributed by atoms with van der Waals surface area (Å²) in [6.07, 6.45) is 6.70. The number of anilines is 1. The van der Waals surface area contributed by atoms with Crippen molar-refractivity contribution in [2.75, 3.05) is 18.5 Å². The summed E-state index contributed by atoms with van der Waals surface area (Å²) in [5.74, 6) is 0.0903. The van der Waals surface area contributed by atoms with Crippen LogP contribution in [-0.4, -0.2) is 30.5 Å². The van der Waals surface area contributed by atoms with Crippen LogP contribution in [0.2, 0.25) is 0 Å². The van der Waals surface area contributed by atoms with Crippen LogP contribution in [0.4, 0.5) is 5.69 Å². The Labute approximate surface area is 108 Å². The minimum atomic E-state index is 0.0903. The summed E-state index contributed by atoms with van der Waals surface area (Å²) in [5.41, 5.74) is 1.81. The molecule has 0 radical (unpaired) electrons. The highest BCUT2D eigenvalue weighted by atomic mass is 16.2. The van der Waals surface area contributed by atoms with E-state index in [-0.39, 0.29) is 5.91 Å². The van der Waals surface area contributed by atoms with Crippen LogP contribution in [0.3, 0.4) is 0 Å². The summed E-state index contributed by atoms with van der Waals surface area (Å²) in [7, 11) is 1.80. The predicted octanol–water partition coefficient (Wildman–Crippen LogP) is 1.89. The van der Waals surface area contributed by atoms with E-state index in [1.54, 1.807) is 18.1 Å². The first-order chi connectivity index (χ1) is 8.66. The molecule has 0 aliphatic heterocycles. The first kappa shape index (κ1) is 13.0. The first-order valence-corrected chi connectivity index (χ1v) is 6.59. The van der Waals surface area contributed by atoms with E-state index in [4.69, 9.17) is 0 Å². The van der Waals surface area contributed by atoms with Crippen LogP contribution in [0.5, 0.6) is 0 Å². The molecule has 0 aromatic carbocycles. The number of carbonyl (C=O) groups is 1. The highest BCUT2D eigenvalue weighted by Gasteiger charge is 2.17. The van der Waals surface area contributed by atoms with Gasteiger partial charge >= 0.3 is 0 Å². The van der Waals surface area contributed by atoms with Crippen molar-refractivity contribution in [1.29, 1.82) is 0 Å². The molecule has 2 rings (SSSR count). The second-order valence-electron chi connectivity index (χ2n) is 4.97. The largest absolute Gasteiger partial charge is 0.313 e. The molecule has 1 amide bonds. The average molecular weight is 247 g/mol. The Kier molecular flexibility index (Phi) is 4.31. The van der Waals surface area contributed by atoms with Gasteiger partial charge < -0.3 is 10.2 Å². The topological polar surface area (TPSA) is 45.2 Å². The minimum absolute atomic E-state index is 0.0903. The van der Waals surface area contributed by atoms with E-state index in [2.05, 4.69) is 10.3 Å². The van der Waals surface area contributed by atoms with E-state index < -0.39 is 0 Å². The second-order valence-corrected chi connectivity index (χ2v) is 4.97. The number of carbonyl (C=O) groups excluding carboxylic acids is 1. The minimum Gasteiger partial charge on any atom is -0.313 e. The van der Waals surface area contributed by atoms with Gasteiger partial charge in [0.1, 0.15) is 0 Å². The number of nitrogens with one attached hydrogen (secondary N) is 1. The number of hydrogen-bond donors (Lipinski definition) is 1. The van der Waals surface area contributed by atoms with Crippen molar-refractivity contribution in [3.8, 4) is 0 Å². The second kappa shape index (κ2) is 5.96. The number of aryl methyl sites for hydroxylation is 1. The van der Waals surface area contributed by atoms with E-state index in [9.17, 15) is 4.79 Å². The molecule has 1 aliphatic carbocycles. The maximum absolute atomic E-state index is 12.0. The van der Waals surface area contributed by atoms with Crippen LogP contribution in [0.15, 0.2) is 18.3 Å². The fourth-order valence-corrected chi connectivity index (χ4v) is 2.28. The predicted molar refractivity (Wildman–Crippen MR) is 72.6 cm³/mol. The van der Waals surface area contributed by atoms with Crippen molar-refractivity contribution >= 4 is 11.6 Å². The average Bonchev–Trinajstić information content (AvgIpc) is 2.89. The van der Waals surface area contributed by atoms with E-state index in [0.29, 0.717) is 12.6 Å². The molecular formula is C14H21N3O. The fraction of sp³-hybridized carbons (Fsp3) is 0.571. The molecule has 4 heteroatoms. The lowest BCUT2D eigenvalue weighted by atomic mass is 10.2. The van der Waals surface area contributed by atoms with Gasteiger partial charge in [-0.3, -0.25) is 9.78 Å². The molecule has 1 fully saturated rings. The normalized spacial score (nSPS) is 15.9. The van der Waals surface area contributed by atoms with Crippen molar-refractivity contribution in [2.45, 2.75) is 38.6 Å². The zero-order chi connectivity index (χ0) is 13.0. The van der Waals surface area contributed by atoms with Gasteiger partial charge in [0.25, 0.3) is 0 Å². The zero-order valence-electron chi connectivity index (χ0n) is 11.1. The highest BCUT2D eigenvalue weighted by Crippen LogP contribution is 2.17. The summed E-state index contributed by atoms with van der Waals surface area (Å²) in [5, 5.41) is 3.33. The van der Waals surface area contributed by atoms with Gasteiger partial charge in [-0.1, -0.05) is 12.8 Å². The zero-order valence-corrected chi connectivity index (χ0v) is 11.1. The molecule has 1 saturated carbocycles. The highest BCUT2D eigenvalue weighted by molar-refractivity contribution is 5.94. The third-order valence-corrected chi connectivity index (χ3v) is 3.55. The number of amides is 1. The molecule has 0 spiro atoms. The van der Waals surface area contributed by atoms with Crippen molar-refractivity contribution in [1.82, 2.24) is 10.3 Å². The molecule has 0 unspecified atom stereocenters. The molecule has 0 saturated heterocycles. The van der Waals surface area contributed by atoms with E-state index >= 15 is 0 Å². The van der Waals surface area contributed by atoms with Crippen molar-refractivity contribution in [2.24, 2.45) is 0 Å². The maximum atomic E-state index is 12.0. The number of aromatic nitrogens is 1. The Morgan fingerprint density at radius 3 is 2.78 bits per heavy atom. The number of rotatable bonds is 4. The lowest BCUT2D eigenvalue weighted by Crippen LogP contribution is -2.39. The van der Waals surface area contributed by atoms with Crippen molar-refractivity contribution in [3.05, 3.63) is 24.0 Å². The van der Waals surface area contributed by atoms with Crippen molar-refractivity contribution in [3.63, 3.8) is 0 Å². The van der Waals surface area contributed by atoms with Gasteiger partial charge in [0, 0.05) is 18.8 Å². The van der Waals surface area contributed by atoms with E-state index in [0.717, 1.165) is 11.4 Å². The van der Waals surface area contributed by atoms with E-state index in [1.807, 2.05) is 19.1 Å². The Bertz CT molecular complexity index is 396. The summed E-state index contributed by atoms with van der Waals surface area (Å²) < 4.78 is 0. The third-order valence-electron chi connectivity index (χ3n) is 3.55. The molecule has 98 valence electrons. The molecule has 18 heavy (non-hydrogen) atoms. The summed E-state index contributed by atoms with van der Waals surface area (Å²) >= 11 is 0. The summed E-state index contributed by atoms with van der Waals surface area (Å²) in [6, 6.07) is 4.37. The molecule has 1 heterocycles. The molecular weight excluding hydrogens is 226 g/mol.